The van der Waals surface area contributed by atoms with Gasteiger partial charge in [0.2, 0.25) is 0 Å². The number of aliphatic hydroxyl groups excluding tert-OH is 1. The zero-order chi connectivity index (χ0) is 8.72. The van der Waals surface area contributed by atoms with Gasteiger partial charge in [-0.2, -0.15) is 0 Å². The first-order chi connectivity index (χ1) is 5.70. The molecule has 0 unspecified atom stereocenters. The van der Waals surface area contributed by atoms with Gasteiger partial charge in [0, 0.05) is 16.6 Å². The molecule has 0 bridgehead atoms. The van der Waals surface area contributed by atoms with Gasteiger partial charge in [-0.1, -0.05) is 23.7 Å². The SMILES string of the molecule is N[C@@H]1Cc2cccc(Cl)c2[C@@H]1O. The van der Waals surface area contributed by atoms with Gasteiger partial charge in [0.05, 0.1) is 6.10 Å². The summed E-state index contributed by atoms with van der Waals surface area (Å²) in [7, 11) is 0. The summed E-state index contributed by atoms with van der Waals surface area (Å²) < 4.78 is 0. The van der Waals surface area contributed by atoms with Gasteiger partial charge >= 0.3 is 0 Å². The van der Waals surface area contributed by atoms with Crippen LogP contribution in [-0.4, -0.2) is 11.1 Å². The van der Waals surface area contributed by atoms with Crippen LogP contribution in [0.25, 0.3) is 0 Å². The van der Waals surface area contributed by atoms with Gasteiger partial charge < -0.3 is 10.8 Å². The predicted molar refractivity (Wildman–Crippen MR) is 48.1 cm³/mol. The maximum atomic E-state index is 9.62. The van der Waals surface area contributed by atoms with E-state index in [1.807, 2.05) is 12.1 Å². The Kier molecular flexibility index (Phi) is 1.83. The molecule has 0 radical (unpaired) electrons. The number of hydrogen-bond acceptors (Lipinski definition) is 2. The smallest absolute Gasteiger partial charge is 0.0961 e. The molecule has 0 aromatic heterocycles. The van der Waals surface area contributed by atoms with E-state index in [1.165, 1.54) is 0 Å². The molecule has 0 heterocycles. The molecule has 0 spiro atoms. The maximum absolute atomic E-state index is 9.62. The molecule has 2 nitrogen and oxygen atoms in total. The summed E-state index contributed by atoms with van der Waals surface area (Å²) in [6, 6.07) is 5.42. The minimum absolute atomic E-state index is 0.195. The summed E-state index contributed by atoms with van der Waals surface area (Å²) in [5, 5.41) is 10.2. The number of benzene rings is 1. The number of halogens is 1. The van der Waals surface area contributed by atoms with Crippen molar-refractivity contribution in [3.8, 4) is 0 Å². The molecule has 2 rings (SSSR count). The normalized spacial score (nSPS) is 27.2. The molecule has 12 heavy (non-hydrogen) atoms. The van der Waals surface area contributed by atoms with Crippen molar-refractivity contribution in [2.24, 2.45) is 5.73 Å². The van der Waals surface area contributed by atoms with Crippen LogP contribution in [0.15, 0.2) is 18.2 Å². The number of fused-ring (bicyclic) bond motifs is 1. The number of nitrogens with two attached hydrogens (primary N) is 1. The van der Waals surface area contributed by atoms with Gasteiger partial charge in [-0.05, 0) is 18.1 Å². The topological polar surface area (TPSA) is 46.2 Å². The van der Waals surface area contributed by atoms with Crippen LogP contribution in [0.1, 0.15) is 17.2 Å². The van der Waals surface area contributed by atoms with Gasteiger partial charge in [0.25, 0.3) is 0 Å². The highest BCUT2D eigenvalue weighted by molar-refractivity contribution is 6.31. The number of hydrogen-bond donors (Lipinski definition) is 2. The van der Waals surface area contributed by atoms with Crippen molar-refractivity contribution in [2.75, 3.05) is 0 Å². The third kappa shape index (κ3) is 1.04. The highest BCUT2D eigenvalue weighted by Crippen LogP contribution is 2.35. The van der Waals surface area contributed by atoms with E-state index in [0.717, 1.165) is 17.5 Å². The Morgan fingerprint density at radius 3 is 2.92 bits per heavy atom. The predicted octanol–water partition coefficient (Wildman–Crippen LogP) is 1.26. The van der Waals surface area contributed by atoms with Crippen molar-refractivity contribution in [3.63, 3.8) is 0 Å². The number of aliphatic hydroxyl groups is 1. The second kappa shape index (κ2) is 2.73. The van der Waals surface area contributed by atoms with E-state index in [4.69, 9.17) is 17.3 Å². The standard InChI is InChI=1S/C9H10ClNO/c10-6-3-1-2-5-4-7(11)9(12)8(5)6/h1-3,7,9,12H,4,11H2/t7-,9-/m1/s1. The second-order valence-corrected chi connectivity index (χ2v) is 3.53. The minimum Gasteiger partial charge on any atom is -0.387 e. The van der Waals surface area contributed by atoms with Crippen LogP contribution >= 0.6 is 11.6 Å². The monoisotopic (exact) mass is 183 g/mol. The van der Waals surface area contributed by atoms with Gasteiger partial charge in [0.1, 0.15) is 0 Å². The van der Waals surface area contributed by atoms with Crippen LogP contribution in [-0.2, 0) is 6.42 Å². The molecule has 3 N–H and O–H groups in total. The number of rotatable bonds is 0. The quantitative estimate of drug-likeness (QED) is 0.636. The van der Waals surface area contributed by atoms with E-state index in [-0.39, 0.29) is 6.04 Å². The van der Waals surface area contributed by atoms with Crippen molar-refractivity contribution in [3.05, 3.63) is 34.3 Å². The molecule has 1 aromatic rings. The largest absolute Gasteiger partial charge is 0.387 e. The van der Waals surface area contributed by atoms with Gasteiger partial charge in [-0.3, -0.25) is 0 Å². The molecule has 1 aliphatic rings. The lowest BCUT2D eigenvalue weighted by Crippen LogP contribution is -2.24. The van der Waals surface area contributed by atoms with Crippen molar-refractivity contribution < 1.29 is 5.11 Å². The zero-order valence-electron chi connectivity index (χ0n) is 6.50. The lowest BCUT2D eigenvalue weighted by molar-refractivity contribution is 0.159. The van der Waals surface area contributed by atoms with Crippen LogP contribution < -0.4 is 5.73 Å². The van der Waals surface area contributed by atoms with Crippen LogP contribution in [0.5, 0.6) is 0 Å². The third-order valence-corrected chi connectivity index (χ3v) is 2.63. The molecule has 0 fully saturated rings. The summed E-state index contributed by atoms with van der Waals surface area (Å²) >= 11 is 5.91. The Morgan fingerprint density at radius 2 is 2.25 bits per heavy atom. The van der Waals surface area contributed by atoms with Gasteiger partial charge in [-0.15, -0.1) is 0 Å². The molecule has 0 saturated carbocycles. The third-order valence-electron chi connectivity index (χ3n) is 2.30. The molecular formula is C9H10ClNO. The van der Waals surface area contributed by atoms with Crippen LogP contribution in [0.3, 0.4) is 0 Å². The van der Waals surface area contributed by atoms with Crippen molar-refractivity contribution in [2.45, 2.75) is 18.6 Å². The van der Waals surface area contributed by atoms with Crippen LogP contribution in [0.4, 0.5) is 0 Å². The first-order valence-corrected chi connectivity index (χ1v) is 4.29. The second-order valence-electron chi connectivity index (χ2n) is 3.13. The van der Waals surface area contributed by atoms with E-state index >= 15 is 0 Å². The Labute approximate surface area is 76.0 Å². The lowest BCUT2D eigenvalue weighted by atomic mass is 10.1. The maximum Gasteiger partial charge on any atom is 0.0961 e. The summed E-state index contributed by atoms with van der Waals surface area (Å²) in [5.41, 5.74) is 7.57. The Balaban J connectivity index is 2.55. The molecule has 2 atom stereocenters. The summed E-state index contributed by atoms with van der Waals surface area (Å²) in [4.78, 5) is 0. The average Bonchev–Trinajstić information content (AvgIpc) is 2.29. The van der Waals surface area contributed by atoms with Crippen molar-refractivity contribution >= 4 is 11.6 Å². The first-order valence-electron chi connectivity index (χ1n) is 3.91. The van der Waals surface area contributed by atoms with E-state index < -0.39 is 6.10 Å². The summed E-state index contributed by atoms with van der Waals surface area (Å²) in [6.07, 6.45) is 0.130. The minimum atomic E-state index is -0.589. The highest BCUT2D eigenvalue weighted by atomic mass is 35.5. The summed E-state index contributed by atoms with van der Waals surface area (Å²) in [6.45, 7) is 0. The van der Waals surface area contributed by atoms with Crippen LogP contribution in [0, 0.1) is 0 Å². The molecule has 64 valence electrons. The van der Waals surface area contributed by atoms with Crippen molar-refractivity contribution in [1.29, 1.82) is 0 Å². The zero-order valence-corrected chi connectivity index (χ0v) is 7.25. The molecule has 3 heteroatoms. The molecule has 1 aliphatic carbocycles. The van der Waals surface area contributed by atoms with E-state index in [1.54, 1.807) is 6.07 Å². The average molecular weight is 184 g/mol. The van der Waals surface area contributed by atoms with E-state index in [2.05, 4.69) is 0 Å². The lowest BCUT2D eigenvalue weighted by Gasteiger charge is -2.09. The molecular weight excluding hydrogens is 174 g/mol. The highest BCUT2D eigenvalue weighted by Gasteiger charge is 2.29. The van der Waals surface area contributed by atoms with Gasteiger partial charge in [0.15, 0.2) is 0 Å². The van der Waals surface area contributed by atoms with E-state index in [9.17, 15) is 5.11 Å². The molecule has 0 amide bonds. The van der Waals surface area contributed by atoms with Crippen LogP contribution in [0.2, 0.25) is 5.02 Å². The molecule has 1 aromatic carbocycles. The molecule has 0 aliphatic heterocycles. The van der Waals surface area contributed by atoms with E-state index in [0.29, 0.717) is 5.02 Å². The fourth-order valence-corrected chi connectivity index (χ4v) is 1.98. The summed E-state index contributed by atoms with van der Waals surface area (Å²) in [5.74, 6) is 0. The first kappa shape index (κ1) is 8.05. The fourth-order valence-electron chi connectivity index (χ4n) is 1.67. The fraction of sp³-hybridized carbons (Fsp3) is 0.333. The Bertz CT molecular complexity index is 313. The molecule has 0 saturated heterocycles. The van der Waals surface area contributed by atoms with Crippen molar-refractivity contribution in [1.82, 2.24) is 0 Å². The Morgan fingerprint density at radius 1 is 1.50 bits per heavy atom. The Hall–Kier alpha value is -0.570. The van der Waals surface area contributed by atoms with Gasteiger partial charge in [-0.25, -0.2) is 0 Å².